The van der Waals surface area contributed by atoms with Crippen LogP contribution < -0.4 is 29.6 Å². The number of sulfonamides is 1. The van der Waals surface area contributed by atoms with E-state index < -0.39 is 16.1 Å². The van der Waals surface area contributed by atoms with Crippen LogP contribution >= 0.6 is 0 Å². The van der Waals surface area contributed by atoms with E-state index in [0.29, 0.717) is 42.6 Å². The molecule has 0 radical (unpaired) electrons. The zero-order chi connectivity index (χ0) is 24.8. The van der Waals surface area contributed by atoms with E-state index in [2.05, 4.69) is 15.4 Å². The van der Waals surface area contributed by atoms with Crippen molar-refractivity contribution in [2.45, 2.75) is 24.4 Å². The number of hydrogen-bond donors (Lipinski definition) is 3. The Hall–Kier alpha value is -3.92. The Bertz CT molecular complexity index is 1280. The number of carbonyl (C=O) groups is 1. The second kappa shape index (κ2) is 10.6. The van der Waals surface area contributed by atoms with Gasteiger partial charge in [-0.25, -0.2) is 8.42 Å². The van der Waals surface area contributed by atoms with E-state index >= 15 is 0 Å². The maximum atomic E-state index is 12.8. The van der Waals surface area contributed by atoms with Crippen molar-refractivity contribution in [1.29, 1.82) is 0 Å². The van der Waals surface area contributed by atoms with Gasteiger partial charge in [-0.1, -0.05) is 12.1 Å². The summed E-state index contributed by atoms with van der Waals surface area (Å²) in [5.74, 6) is 1.52. The van der Waals surface area contributed by atoms with Crippen LogP contribution in [0.15, 0.2) is 71.6 Å². The number of methoxy groups -OCH3 is 1. The van der Waals surface area contributed by atoms with Gasteiger partial charge in [0.25, 0.3) is 10.0 Å². The number of benzene rings is 3. The van der Waals surface area contributed by atoms with Crippen molar-refractivity contribution in [3.8, 4) is 17.2 Å². The van der Waals surface area contributed by atoms with E-state index in [-0.39, 0.29) is 10.8 Å². The molecule has 1 heterocycles. The molecule has 0 saturated carbocycles. The Kier molecular flexibility index (Phi) is 7.31. The Morgan fingerprint density at radius 1 is 0.943 bits per heavy atom. The minimum atomic E-state index is -3.81. The predicted molar refractivity (Wildman–Crippen MR) is 133 cm³/mol. The average Bonchev–Trinajstić information content (AvgIpc) is 2.88. The third kappa shape index (κ3) is 6.15. The molecule has 1 aliphatic heterocycles. The highest BCUT2D eigenvalue weighted by molar-refractivity contribution is 7.92. The third-order valence-electron chi connectivity index (χ3n) is 5.36. The highest BCUT2D eigenvalue weighted by Gasteiger charge is 2.20. The molecule has 4 rings (SSSR count). The zero-order valence-corrected chi connectivity index (χ0v) is 20.2. The Labute approximate surface area is 204 Å². The lowest BCUT2D eigenvalue weighted by Crippen LogP contribution is -2.37. The van der Waals surface area contributed by atoms with Crippen LogP contribution in [-0.4, -0.2) is 40.7 Å². The van der Waals surface area contributed by atoms with E-state index in [1.165, 1.54) is 12.1 Å². The van der Waals surface area contributed by atoms with Crippen molar-refractivity contribution in [2.24, 2.45) is 0 Å². The van der Waals surface area contributed by atoms with E-state index in [1.54, 1.807) is 44.4 Å². The third-order valence-corrected chi connectivity index (χ3v) is 6.74. The highest BCUT2D eigenvalue weighted by atomic mass is 32.2. The molecule has 1 aliphatic rings. The largest absolute Gasteiger partial charge is 0.497 e. The minimum absolute atomic E-state index is 0.0751. The fourth-order valence-corrected chi connectivity index (χ4v) is 4.51. The molecule has 184 valence electrons. The summed E-state index contributed by atoms with van der Waals surface area (Å²) in [4.78, 5) is 12.5. The summed E-state index contributed by atoms with van der Waals surface area (Å²) >= 11 is 0. The average molecular weight is 498 g/mol. The molecule has 0 saturated heterocycles. The van der Waals surface area contributed by atoms with Gasteiger partial charge in [0.05, 0.1) is 12.0 Å². The van der Waals surface area contributed by atoms with Gasteiger partial charge in [-0.3, -0.25) is 9.52 Å². The summed E-state index contributed by atoms with van der Waals surface area (Å²) in [7, 11) is -2.21. The standard InChI is InChI=1S/C25H27N3O6S/c1-17(25(29)26-16-18-3-9-21(32-2)10-4-18)27-19-5-7-20(8-6-19)28-35(30,31)22-11-12-23-24(15-22)34-14-13-33-23/h3-12,15,17,27-28H,13-14,16H2,1-2H3,(H,26,29)/t17-/m0/s1. The van der Waals surface area contributed by atoms with Gasteiger partial charge in [-0.2, -0.15) is 0 Å². The second-order valence-electron chi connectivity index (χ2n) is 7.92. The fourth-order valence-electron chi connectivity index (χ4n) is 3.44. The van der Waals surface area contributed by atoms with Crippen molar-refractivity contribution in [2.75, 3.05) is 30.4 Å². The van der Waals surface area contributed by atoms with E-state index in [4.69, 9.17) is 14.2 Å². The first kappa shape index (κ1) is 24.2. The molecule has 0 spiro atoms. The maximum absolute atomic E-state index is 12.8. The summed E-state index contributed by atoms with van der Waals surface area (Å²) in [6.45, 7) is 2.95. The summed E-state index contributed by atoms with van der Waals surface area (Å²) in [5, 5.41) is 6.00. The van der Waals surface area contributed by atoms with Crippen molar-refractivity contribution in [1.82, 2.24) is 5.32 Å². The van der Waals surface area contributed by atoms with Gasteiger partial charge in [-0.05, 0) is 61.0 Å². The first-order valence-electron chi connectivity index (χ1n) is 11.0. The number of hydrogen-bond acceptors (Lipinski definition) is 7. The molecule has 3 aromatic rings. The molecule has 0 fully saturated rings. The smallest absolute Gasteiger partial charge is 0.262 e. The van der Waals surface area contributed by atoms with Crippen LogP contribution in [0.2, 0.25) is 0 Å². The van der Waals surface area contributed by atoms with Crippen LogP contribution in [0, 0.1) is 0 Å². The Balaban J connectivity index is 1.32. The Morgan fingerprint density at radius 3 is 2.29 bits per heavy atom. The lowest BCUT2D eigenvalue weighted by molar-refractivity contribution is -0.121. The van der Waals surface area contributed by atoms with Gasteiger partial charge in [0, 0.05) is 24.0 Å². The lowest BCUT2D eigenvalue weighted by Gasteiger charge is -2.19. The van der Waals surface area contributed by atoms with Crippen molar-refractivity contribution in [3.63, 3.8) is 0 Å². The number of rotatable bonds is 9. The number of carbonyl (C=O) groups excluding carboxylic acids is 1. The quantitative estimate of drug-likeness (QED) is 0.415. The van der Waals surface area contributed by atoms with Gasteiger partial charge in [0.15, 0.2) is 11.5 Å². The van der Waals surface area contributed by atoms with E-state index in [1.807, 2.05) is 24.3 Å². The van der Waals surface area contributed by atoms with E-state index in [0.717, 1.165) is 11.3 Å². The van der Waals surface area contributed by atoms with Crippen LogP contribution in [0.1, 0.15) is 12.5 Å². The predicted octanol–water partition coefficient (Wildman–Crippen LogP) is 3.38. The molecular formula is C25H27N3O6S. The van der Waals surface area contributed by atoms with Gasteiger partial charge >= 0.3 is 0 Å². The molecule has 3 N–H and O–H groups in total. The van der Waals surface area contributed by atoms with Gasteiger partial charge in [0.2, 0.25) is 5.91 Å². The number of amides is 1. The number of fused-ring (bicyclic) bond motifs is 1. The maximum Gasteiger partial charge on any atom is 0.262 e. The van der Waals surface area contributed by atoms with Crippen LogP contribution in [0.25, 0.3) is 0 Å². The highest BCUT2D eigenvalue weighted by Crippen LogP contribution is 2.32. The van der Waals surface area contributed by atoms with Crippen LogP contribution in [0.3, 0.4) is 0 Å². The first-order chi connectivity index (χ1) is 16.8. The molecule has 1 amide bonds. The molecule has 0 unspecified atom stereocenters. The SMILES string of the molecule is COc1ccc(CNC(=O)[C@H](C)Nc2ccc(NS(=O)(=O)c3ccc4c(c3)OCCO4)cc2)cc1. The van der Waals surface area contributed by atoms with Crippen LogP contribution in [-0.2, 0) is 21.4 Å². The topological polar surface area (TPSA) is 115 Å². The van der Waals surface area contributed by atoms with E-state index in [9.17, 15) is 13.2 Å². The number of ether oxygens (including phenoxy) is 3. The molecule has 1 atom stereocenters. The zero-order valence-electron chi connectivity index (χ0n) is 19.4. The van der Waals surface area contributed by atoms with Crippen molar-refractivity contribution in [3.05, 3.63) is 72.3 Å². The summed E-state index contributed by atoms with van der Waals surface area (Å²) < 4.78 is 44.2. The van der Waals surface area contributed by atoms with Crippen molar-refractivity contribution < 1.29 is 27.4 Å². The first-order valence-corrected chi connectivity index (χ1v) is 12.5. The van der Waals surface area contributed by atoms with Crippen LogP contribution in [0.4, 0.5) is 11.4 Å². The molecule has 10 heteroatoms. The van der Waals surface area contributed by atoms with Gasteiger partial charge < -0.3 is 24.8 Å². The fraction of sp³-hybridized carbons (Fsp3) is 0.240. The Morgan fingerprint density at radius 2 is 1.60 bits per heavy atom. The second-order valence-corrected chi connectivity index (χ2v) is 9.60. The van der Waals surface area contributed by atoms with Gasteiger partial charge in [0.1, 0.15) is 25.0 Å². The molecule has 35 heavy (non-hydrogen) atoms. The lowest BCUT2D eigenvalue weighted by atomic mass is 10.2. The molecule has 3 aromatic carbocycles. The number of anilines is 2. The number of nitrogens with one attached hydrogen (secondary N) is 3. The molecule has 0 aliphatic carbocycles. The monoisotopic (exact) mass is 497 g/mol. The molecular weight excluding hydrogens is 470 g/mol. The van der Waals surface area contributed by atoms with Crippen molar-refractivity contribution >= 4 is 27.3 Å². The van der Waals surface area contributed by atoms with Crippen LogP contribution in [0.5, 0.6) is 17.2 Å². The van der Waals surface area contributed by atoms with Gasteiger partial charge in [-0.15, -0.1) is 0 Å². The summed E-state index contributed by atoms with van der Waals surface area (Å²) in [6, 6.07) is 18.1. The molecule has 9 nitrogen and oxygen atoms in total. The summed E-state index contributed by atoms with van der Waals surface area (Å²) in [6.07, 6.45) is 0. The normalized spacial score (nSPS) is 13.4. The minimum Gasteiger partial charge on any atom is -0.497 e. The molecule has 0 bridgehead atoms. The summed E-state index contributed by atoms with van der Waals surface area (Å²) in [5.41, 5.74) is 2.03. The molecule has 0 aromatic heterocycles.